The zero-order valence-corrected chi connectivity index (χ0v) is 30.8. The topological polar surface area (TPSA) is 43.6 Å². The molecule has 0 radical (unpaired) electrons. The largest absolute Gasteiger partial charge is 0.309 e. The Balaban J connectivity index is 1.06. The van der Waals surface area contributed by atoms with Crippen molar-refractivity contribution in [3.8, 4) is 39.9 Å². The zero-order chi connectivity index (χ0) is 36.7. The van der Waals surface area contributed by atoms with Gasteiger partial charge in [0.1, 0.15) is 0 Å². The lowest BCUT2D eigenvalue weighted by atomic mass is 10.0. The molecule has 0 N–H and O–H groups in total. The number of thiophene rings is 1. The molecule has 0 unspecified atom stereocenters. The van der Waals surface area contributed by atoms with E-state index in [4.69, 9.17) is 15.0 Å². The monoisotopic (exact) mass is 730 g/mol. The van der Waals surface area contributed by atoms with Crippen molar-refractivity contribution in [1.82, 2.24) is 19.5 Å². The summed E-state index contributed by atoms with van der Waals surface area (Å²) in [6.45, 7) is 0. The Bertz CT molecular complexity index is 3460. The van der Waals surface area contributed by atoms with Gasteiger partial charge in [0.25, 0.3) is 0 Å². The van der Waals surface area contributed by atoms with Gasteiger partial charge in [-0.1, -0.05) is 140 Å². The molecule has 12 rings (SSSR count). The number of nitrogens with zero attached hydrogens (tertiary/aromatic N) is 4. The molecule has 9 aromatic carbocycles. The summed E-state index contributed by atoms with van der Waals surface area (Å²) in [5.74, 6) is 1.97. The molecule has 0 saturated heterocycles. The quantitative estimate of drug-likeness (QED) is 0.181. The summed E-state index contributed by atoms with van der Waals surface area (Å²) in [7, 11) is 0. The second-order valence-electron chi connectivity index (χ2n) is 14.4. The maximum Gasteiger partial charge on any atom is 0.164 e. The van der Waals surface area contributed by atoms with Crippen molar-refractivity contribution in [2.75, 3.05) is 0 Å². The molecule has 56 heavy (non-hydrogen) atoms. The van der Waals surface area contributed by atoms with E-state index in [9.17, 15) is 0 Å². The summed E-state index contributed by atoms with van der Waals surface area (Å²) in [4.78, 5) is 15.6. The maximum atomic E-state index is 5.23. The lowest BCUT2D eigenvalue weighted by Gasteiger charge is -2.11. The lowest BCUT2D eigenvalue weighted by Crippen LogP contribution is -2.00. The fraction of sp³-hybridized carbons (Fsp3) is 0. The van der Waals surface area contributed by atoms with E-state index in [-0.39, 0.29) is 0 Å². The van der Waals surface area contributed by atoms with Gasteiger partial charge in [-0.05, 0) is 74.8 Å². The smallest absolute Gasteiger partial charge is 0.164 e. The summed E-state index contributed by atoms with van der Waals surface area (Å²) < 4.78 is 4.83. The minimum absolute atomic E-state index is 0.654. The predicted molar refractivity (Wildman–Crippen MR) is 236 cm³/mol. The summed E-state index contributed by atoms with van der Waals surface area (Å²) in [6.07, 6.45) is 0. The number of para-hydroxylation sites is 1. The SMILES string of the molecule is c1ccc2cc(-c3nc(-c4ccc5ccccc5c4)nc(-c4cccc5sc6cc(-n7c8ccccc8c8c9ccccc9ccc87)ccc6c45)n3)ccc2c1. The second-order valence-corrected chi connectivity index (χ2v) is 15.5. The van der Waals surface area contributed by atoms with E-state index >= 15 is 0 Å². The van der Waals surface area contributed by atoms with E-state index in [1.165, 1.54) is 58.1 Å². The van der Waals surface area contributed by atoms with Crippen molar-refractivity contribution >= 4 is 85.6 Å². The Morgan fingerprint density at radius 3 is 1.70 bits per heavy atom. The predicted octanol–water partition coefficient (Wildman–Crippen LogP) is 13.8. The van der Waals surface area contributed by atoms with Crippen molar-refractivity contribution in [1.29, 1.82) is 0 Å². The first-order valence-electron chi connectivity index (χ1n) is 18.8. The third-order valence-electron chi connectivity index (χ3n) is 11.2. The van der Waals surface area contributed by atoms with E-state index in [0.29, 0.717) is 17.5 Å². The summed E-state index contributed by atoms with van der Waals surface area (Å²) in [5, 5.41) is 12.1. The number of hydrogen-bond donors (Lipinski definition) is 0. The van der Waals surface area contributed by atoms with E-state index in [1.807, 2.05) is 11.3 Å². The Hall–Kier alpha value is -7.21. The van der Waals surface area contributed by atoms with E-state index < -0.39 is 0 Å². The van der Waals surface area contributed by atoms with Crippen LogP contribution in [0.5, 0.6) is 0 Å². The number of aromatic nitrogens is 4. The Labute approximate surface area is 325 Å². The number of fused-ring (bicyclic) bond motifs is 10. The van der Waals surface area contributed by atoms with Crippen molar-refractivity contribution in [3.63, 3.8) is 0 Å². The molecular formula is C51H30N4S. The standard InChI is InChI=1S/C51H30N4S/c1-3-13-34-28-36(22-20-31(34)10-1)49-52-50(37-23-21-32-11-2-4-14-35(32)29-37)54-51(53-49)42-17-9-19-45-48(42)41-26-25-38(30-46(41)56-45)55-43-18-8-7-16-40(43)47-39-15-6-5-12-33(39)24-27-44(47)55/h1-30H. The highest BCUT2D eigenvalue weighted by Gasteiger charge is 2.19. The molecule has 3 aromatic heterocycles. The fourth-order valence-corrected chi connectivity index (χ4v) is 9.73. The van der Waals surface area contributed by atoms with Gasteiger partial charge in [0, 0.05) is 53.3 Å². The second kappa shape index (κ2) is 12.2. The van der Waals surface area contributed by atoms with Gasteiger partial charge in [0.15, 0.2) is 17.5 Å². The summed E-state index contributed by atoms with van der Waals surface area (Å²) in [5.41, 5.74) is 6.47. The van der Waals surface area contributed by atoms with E-state index in [0.717, 1.165) is 38.5 Å². The Kier molecular flexibility index (Phi) is 6.76. The van der Waals surface area contributed by atoms with Crippen LogP contribution in [0.3, 0.4) is 0 Å². The fourth-order valence-electron chi connectivity index (χ4n) is 8.57. The van der Waals surface area contributed by atoms with Gasteiger partial charge in [-0.15, -0.1) is 11.3 Å². The molecule has 0 aliphatic carbocycles. The van der Waals surface area contributed by atoms with Crippen LogP contribution < -0.4 is 0 Å². The van der Waals surface area contributed by atoms with E-state index in [1.54, 1.807) is 0 Å². The van der Waals surface area contributed by atoms with Gasteiger partial charge >= 0.3 is 0 Å². The molecule has 0 amide bonds. The van der Waals surface area contributed by atoms with Crippen molar-refractivity contribution < 1.29 is 0 Å². The lowest BCUT2D eigenvalue weighted by molar-refractivity contribution is 1.08. The molecule has 0 spiro atoms. The molecule has 0 bridgehead atoms. The third-order valence-corrected chi connectivity index (χ3v) is 12.3. The molecule has 0 atom stereocenters. The molecule has 0 fully saturated rings. The zero-order valence-electron chi connectivity index (χ0n) is 30.0. The van der Waals surface area contributed by atoms with Crippen LogP contribution in [0.25, 0.3) is 114 Å². The van der Waals surface area contributed by atoms with Gasteiger partial charge in [-0.3, -0.25) is 0 Å². The highest BCUT2D eigenvalue weighted by Crippen LogP contribution is 2.43. The van der Waals surface area contributed by atoms with Gasteiger partial charge in [0.2, 0.25) is 0 Å². The molecule has 0 saturated carbocycles. The molecule has 0 aliphatic heterocycles. The van der Waals surface area contributed by atoms with Crippen LogP contribution in [0, 0.1) is 0 Å². The maximum absolute atomic E-state index is 5.23. The molecule has 12 aromatic rings. The number of hydrogen-bond acceptors (Lipinski definition) is 4. The average Bonchev–Trinajstić information content (AvgIpc) is 3.81. The van der Waals surface area contributed by atoms with Crippen LogP contribution >= 0.6 is 11.3 Å². The summed E-state index contributed by atoms with van der Waals surface area (Å²) >= 11 is 1.81. The normalized spacial score (nSPS) is 11.9. The minimum atomic E-state index is 0.654. The van der Waals surface area contributed by atoms with Crippen LogP contribution in [0.2, 0.25) is 0 Å². The molecule has 0 aliphatic rings. The van der Waals surface area contributed by atoms with Crippen LogP contribution in [0.1, 0.15) is 0 Å². The Morgan fingerprint density at radius 2 is 0.964 bits per heavy atom. The Morgan fingerprint density at radius 1 is 0.357 bits per heavy atom. The highest BCUT2D eigenvalue weighted by atomic mass is 32.1. The summed E-state index contributed by atoms with van der Waals surface area (Å²) in [6, 6.07) is 65.1. The van der Waals surface area contributed by atoms with Crippen LogP contribution in [0.15, 0.2) is 182 Å². The van der Waals surface area contributed by atoms with Gasteiger partial charge in [-0.25, -0.2) is 15.0 Å². The van der Waals surface area contributed by atoms with Crippen LogP contribution in [0.4, 0.5) is 0 Å². The first-order chi connectivity index (χ1) is 27.7. The van der Waals surface area contributed by atoms with Crippen molar-refractivity contribution in [2.45, 2.75) is 0 Å². The molecule has 5 heteroatoms. The number of rotatable bonds is 4. The van der Waals surface area contributed by atoms with Crippen molar-refractivity contribution in [2.24, 2.45) is 0 Å². The van der Waals surface area contributed by atoms with E-state index in [2.05, 4.69) is 187 Å². The van der Waals surface area contributed by atoms with Gasteiger partial charge < -0.3 is 4.57 Å². The molecular weight excluding hydrogens is 701 g/mol. The van der Waals surface area contributed by atoms with Crippen molar-refractivity contribution in [3.05, 3.63) is 182 Å². The number of benzene rings is 9. The van der Waals surface area contributed by atoms with Crippen LogP contribution in [-0.4, -0.2) is 19.5 Å². The first-order valence-corrected chi connectivity index (χ1v) is 19.7. The highest BCUT2D eigenvalue weighted by molar-refractivity contribution is 7.26. The molecule has 3 heterocycles. The average molecular weight is 731 g/mol. The first kappa shape index (κ1) is 31.2. The molecule has 4 nitrogen and oxygen atoms in total. The molecule has 260 valence electrons. The van der Waals surface area contributed by atoms with Gasteiger partial charge in [-0.2, -0.15) is 0 Å². The van der Waals surface area contributed by atoms with Gasteiger partial charge in [0.05, 0.1) is 11.0 Å². The van der Waals surface area contributed by atoms with Crippen LogP contribution in [-0.2, 0) is 0 Å². The third kappa shape index (κ3) is 4.81. The minimum Gasteiger partial charge on any atom is -0.309 e.